The first-order valence-corrected chi connectivity index (χ1v) is 8.35. The number of anilines is 1. The Morgan fingerprint density at radius 3 is 2.50 bits per heavy atom. The van der Waals surface area contributed by atoms with Gasteiger partial charge in [-0.2, -0.15) is 0 Å². The van der Waals surface area contributed by atoms with Gasteiger partial charge in [-0.3, -0.25) is 9.20 Å². The maximum absolute atomic E-state index is 12.3. The first-order chi connectivity index (χ1) is 11.5. The molecule has 0 spiro atoms. The zero-order valence-electron chi connectivity index (χ0n) is 14.1. The second kappa shape index (κ2) is 6.65. The van der Waals surface area contributed by atoms with Gasteiger partial charge in [-0.25, -0.2) is 4.98 Å². The van der Waals surface area contributed by atoms with E-state index in [0.29, 0.717) is 17.2 Å². The lowest BCUT2D eigenvalue weighted by atomic mass is 10.1. The minimum absolute atomic E-state index is 0.117. The molecular weight excluding hydrogens is 322 g/mol. The van der Waals surface area contributed by atoms with E-state index in [2.05, 4.69) is 48.9 Å². The topological polar surface area (TPSA) is 37.6 Å². The molecular formula is C19H20ClN3O. The summed E-state index contributed by atoms with van der Waals surface area (Å²) in [5.74, 6) is 0. The van der Waals surface area contributed by atoms with Crippen LogP contribution in [0.4, 0.5) is 5.69 Å². The van der Waals surface area contributed by atoms with E-state index in [0.717, 1.165) is 17.9 Å². The first-order valence-electron chi connectivity index (χ1n) is 7.97. The third-order valence-corrected chi connectivity index (χ3v) is 4.21. The molecule has 0 saturated heterocycles. The van der Waals surface area contributed by atoms with Gasteiger partial charge >= 0.3 is 0 Å². The number of aryl methyl sites for hydroxylation is 2. The predicted molar refractivity (Wildman–Crippen MR) is 99.1 cm³/mol. The van der Waals surface area contributed by atoms with Gasteiger partial charge in [0.15, 0.2) is 0 Å². The van der Waals surface area contributed by atoms with E-state index in [-0.39, 0.29) is 5.56 Å². The van der Waals surface area contributed by atoms with E-state index >= 15 is 0 Å². The normalized spacial score (nSPS) is 11.0. The summed E-state index contributed by atoms with van der Waals surface area (Å²) in [5, 5.41) is 0.518. The molecule has 0 aliphatic carbocycles. The lowest BCUT2D eigenvalue weighted by molar-refractivity contribution is 0.803. The standard InChI is InChI=1S/C19H20ClN3O/c1-4-22(17-8-13(2)7-14(3)9-17)12-16-10-19(24)23-11-15(20)5-6-18(23)21-16/h5-11H,4,12H2,1-3H3. The van der Waals surface area contributed by atoms with Gasteiger partial charge in [-0.15, -0.1) is 0 Å². The number of nitrogens with zero attached hydrogens (tertiary/aromatic N) is 3. The molecule has 2 heterocycles. The van der Waals surface area contributed by atoms with Crippen molar-refractivity contribution in [3.05, 3.63) is 74.8 Å². The Kier molecular flexibility index (Phi) is 4.58. The van der Waals surface area contributed by atoms with Gasteiger partial charge in [0, 0.05) is 24.5 Å². The van der Waals surface area contributed by atoms with Crippen LogP contribution >= 0.6 is 11.6 Å². The van der Waals surface area contributed by atoms with E-state index in [1.54, 1.807) is 24.4 Å². The molecule has 1 aromatic carbocycles. The lowest BCUT2D eigenvalue weighted by Crippen LogP contribution is -2.25. The molecule has 0 aliphatic heterocycles. The van der Waals surface area contributed by atoms with Gasteiger partial charge in [0.25, 0.3) is 5.56 Å². The van der Waals surface area contributed by atoms with E-state index in [4.69, 9.17) is 11.6 Å². The van der Waals surface area contributed by atoms with Crippen LogP contribution in [0, 0.1) is 13.8 Å². The zero-order valence-corrected chi connectivity index (χ0v) is 14.8. The third kappa shape index (κ3) is 3.44. The molecule has 124 valence electrons. The highest BCUT2D eigenvalue weighted by Gasteiger charge is 2.10. The summed E-state index contributed by atoms with van der Waals surface area (Å²) < 4.78 is 1.47. The van der Waals surface area contributed by atoms with Crippen molar-refractivity contribution in [3.63, 3.8) is 0 Å². The highest BCUT2D eigenvalue weighted by Crippen LogP contribution is 2.20. The maximum atomic E-state index is 12.3. The van der Waals surface area contributed by atoms with Gasteiger partial charge in [0.05, 0.1) is 17.3 Å². The summed E-state index contributed by atoms with van der Waals surface area (Å²) in [6.07, 6.45) is 1.59. The monoisotopic (exact) mass is 341 g/mol. The number of fused-ring (bicyclic) bond motifs is 1. The Labute approximate surface area is 146 Å². The molecule has 0 radical (unpaired) electrons. The molecule has 0 fully saturated rings. The Morgan fingerprint density at radius 1 is 1.12 bits per heavy atom. The van der Waals surface area contributed by atoms with E-state index in [9.17, 15) is 4.79 Å². The maximum Gasteiger partial charge on any atom is 0.258 e. The highest BCUT2D eigenvalue weighted by atomic mass is 35.5. The van der Waals surface area contributed by atoms with Gasteiger partial charge in [0.2, 0.25) is 0 Å². The van der Waals surface area contributed by atoms with Gasteiger partial charge in [-0.05, 0) is 56.2 Å². The average Bonchev–Trinajstić information content (AvgIpc) is 2.52. The van der Waals surface area contributed by atoms with Gasteiger partial charge < -0.3 is 4.90 Å². The number of aromatic nitrogens is 2. The van der Waals surface area contributed by atoms with Crippen LogP contribution in [-0.2, 0) is 6.54 Å². The fourth-order valence-corrected chi connectivity index (χ4v) is 3.08. The number of benzene rings is 1. The molecule has 0 unspecified atom stereocenters. The van der Waals surface area contributed by atoms with Crippen LogP contribution in [0.15, 0.2) is 47.4 Å². The lowest BCUT2D eigenvalue weighted by Gasteiger charge is -2.23. The molecule has 4 nitrogen and oxygen atoms in total. The van der Waals surface area contributed by atoms with E-state index in [1.807, 2.05) is 0 Å². The number of rotatable bonds is 4. The number of halogens is 1. The molecule has 0 bridgehead atoms. The van der Waals surface area contributed by atoms with Crippen LogP contribution < -0.4 is 10.5 Å². The first kappa shape index (κ1) is 16.5. The van der Waals surface area contributed by atoms with Crippen molar-refractivity contribution in [2.75, 3.05) is 11.4 Å². The average molecular weight is 342 g/mol. The summed E-state index contributed by atoms with van der Waals surface area (Å²) in [7, 11) is 0. The van der Waals surface area contributed by atoms with Gasteiger partial charge in [-0.1, -0.05) is 17.7 Å². The quantitative estimate of drug-likeness (QED) is 0.720. The Bertz CT molecular complexity index is 929. The molecule has 0 N–H and O–H groups in total. The van der Waals surface area contributed by atoms with Crippen LogP contribution in [0.1, 0.15) is 23.7 Å². The van der Waals surface area contributed by atoms with Crippen LogP contribution in [-0.4, -0.2) is 15.9 Å². The van der Waals surface area contributed by atoms with Crippen LogP contribution in [0.3, 0.4) is 0 Å². The summed E-state index contributed by atoms with van der Waals surface area (Å²) in [6, 6.07) is 11.6. The van der Waals surface area contributed by atoms with Crippen LogP contribution in [0.25, 0.3) is 5.65 Å². The second-order valence-corrected chi connectivity index (χ2v) is 6.46. The smallest absolute Gasteiger partial charge is 0.258 e. The highest BCUT2D eigenvalue weighted by molar-refractivity contribution is 6.30. The minimum atomic E-state index is -0.117. The van der Waals surface area contributed by atoms with Crippen molar-refractivity contribution < 1.29 is 0 Å². The van der Waals surface area contributed by atoms with Crippen molar-refractivity contribution >= 4 is 22.9 Å². The fourth-order valence-electron chi connectivity index (χ4n) is 2.92. The summed E-state index contributed by atoms with van der Waals surface area (Å²) >= 11 is 5.95. The molecule has 0 amide bonds. The van der Waals surface area contributed by atoms with Crippen molar-refractivity contribution in [1.82, 2.24) is 9.38 Å². The predicted octanol–water partition coefficient (Wildman–Crippen LogP) is 3.99. The molecule has 0 saturated carbocycles. The second-order valence-electron chi connectivity index (χ2n) is 6.02. The molecule has 3 aromatic rings. The van der Waals surface area contributed by atoms with Crippen molar-refractivity contribution in [3.8, 4) is 0 Å². The van der Waals surface area contributed by atoms with Crippen LogP contribution in [0.5, 0.6) is 0 Å². The third-order valence-electron chi connectivity index (χ3n) is 3.98. The number of pyridine rings is 1. The summed E-state index contributed by atoms with van der Waals surface area (Å²) in [5.41, 5.74) is 4.85. The molecule has 0 atom stereocenters. The molecule has 3 rings (SSSR count). The van der Waals surface area contributed by atoms with E-state index in [1.165, 1.54) is 15.5 Å². The van der Waals surface area contributed by atoms with Crippen LogP contribution in [0.2, 0.25) is 5.02 Å². The SMILES string of the molecule is CCN(Cc1cc(=O)n2cc(Cl)ccc2n1)c1cc(C)cc(C)c1. The Balaban J connectivity index is 1.98. The van der Waals surface area contributed by atoms with Crippen molar-refractivity contribution in [2.24, 2.45) is 0 Å². The fraction of sp³-hybridized carbons (Fsp3) is 0.263. The molecule has 0 aliphatic rings. The molecule has 5 heteroatoms. The molecule has 24 heavy (non-hydrogen) atoms. The Hall–Kier alpha value is -2.33. The minimum Gasteiger partial charge on any atom is -0.366 e. The largest absolute Gasteiger partial charge is 0.366 e. The number of hydrogen-bond donors (Lipinski definition) is 0. The molecule has 2 aromatic heterocycles. The van der Waals surface area contributed by atoms with Gasteiger partial charge in [0.1, 0.15) is 5.65 Å². The summed E-state index contributed by atoms with van der Waals surface area (Å²) in [6.45, 7) is 7.72. The van der Waals surface area contributed by atoms with Crippen molar-refractivity contribution in [1.29, 1.82) is 0 Å². The zero-order chi connectivity index (χ0) is 17.3. The number of hydrogen-bond acceptors (Lipinski definition) is 3. The van der Waals surface area contributed by atoms with E-state index < -0.39 is 0 Å². The van der Waals surface area contributed by atoms with Crippen molar-refractivity contribution in [2.45, 2.75) is 27.3 Å². The Morgan fingerprint density at radius 2 is 1.83 bits per heavy atom. The summed E-state index contributed by atoms with van der Waals surface area (Å²) in [4.78, 5) is 19.1.